The van der Waals surface area contributed by atoms with Crippen LogP contribution in [0.4, 0.5) is 13.2 Å². The molecule has 1 aromatic heterocycles. The lowest BCUT2D eigenvalue weighted by Crippen LogP contribution is -2.56. The van der Waals surface area contributed by atoms with Crippen LogP contribution in [0.15, 0.2) is 5.18 Å². The molecule has 0 bridgehead atoms. The Morgan fingerprint density at radius 1 is 1.21 bits per heavy atom. The van der Waals surface area contributed by atoms with Gasteiger partial charge in [-0.1, -0.05) is 12.1 Å². The zero-order chi connectivity index (χ0) is 20.8. The summed E-state index contributed by atoms with van der Waals surface area (Å²) in [5.74, 6) is -0.238. The van der Waals surface area contributed by atoms with Crippen LogP contribution < -0.4 is 0 Å². The van der Waals surface area contributed by atoms with Crippen molar-refractivity contribution < 1.29 is 18.0 Å². The predicted molar refractivity (Wildman–Crippen MR) is 96.6 cm³/mol. The van der Waals surface area contributed by atoms with Crippen LogP contribution in [0.5, 0.6) is 0 Å². The van der Waals surface area contributed by atoms with Gasteiger partial charge < -0.3 is 9.47 Å². The highest BCUT2D eigenvalue weighted by molar-refractivity contribution is 5.79. The molecule has 3 aliphatic rings. The lowest BCUT2D eigenvalue weighted by molar-refractivity contribution is -0.148. The number of amides is 1. The topological polar surface area (TPSA) is 83.7 Å². The number of alkyl halides is 3. The van der Waals surface area contributed by atoms with Crippen molar-refractivity contribution in [3.05, 3.63) is 16.6 Å². The third-order valence-corrected chi connectivity index (χ3v) is 6.69. The van der Waals surface area contributed by atoms with Crippen LogP contribution in [0.2, 0.25) is 0 Å². The number of likely N-dealkylation sites (tertiary alicyclic amines) is 1. The third-order valence-electron chi connectivity index (χ3n) is 6.69. The Hall–Kier alpha value is -2.04. The van der Waals surface area contributed by atoms with Crippen LogP contribution in [-0.4, -0.2) is 61.7 Å². The van der Waals surface area contributed by atoms with Crippen molar-refractivity contribution in [1.29, 1.82) is 0 Å². The number of nitrogens with zero attached hydrogens (tertiary/aromatic N) is 6. The SMILES string of the molecule is CC1CC(=O)N(C2(CN=O)CCC(N3CCn4c(nnc4C(F)(F)F)C3)CC2)C1. The molecular formula is C18H25F3N6O2. The maximum absolute atomic E-state index is 13.0. The van der Waals surface area contributed by atoms with E-state index in [-0.39, 0.29) is 31.0 Å². The summed E-state index contributed by atoms with van der Waals surface area (Å²) in [6.07, 6.45) is -1.09. The summed E-state index contributed by atoms with van der Waals surface area (Å²) < 4.78 is 40.2. The second-order valence-electron chi connectivity index (χ2n) is 8.62. The van der Waals surface area contributed by atoms with Crippen molar-refractivity contribution in [3.8, 4) is 0 Å². The quantitative estimate of drug-likeness (QED) is 0.707. The summed E-state index contributed by atoms with van der Waals surface area (Å²) in [6, 6.07) is 0.185. The maximum atomic E-state index is 13.0. The van der Waals surface area contributed by atoms with Gasteiger partial charge in [-0.15, -0.1) is 10.2 Å². The summed E-state index contributed by atoms with van der Waals surface area (Å²) in [7, 11) is 0. The largest absolute Gasteiger partial charge is 0.451 e. The number of halogens is 3. The molecule has 2 fully saturated rings. The Balaban J connectivity index is 1.44. The smallest absolute Gasteiger partial charge is 0.335 e. The molecule has 0 N–H and O–H groups in total. The van der Waals surface area contributed by atoms with Gasteiger partial charge >= 0.3 is 6.18 Å². The van der Waals surface area contributed by atoms with Gasteiger partial charge in [0.15, 0.2) is 0 Å². The van der Waals surface area contributed by atoms with Crippen molar-refractivity contribution in [2.24, 2.45) is 11.1 Å². The average molecular weight is 414 g/mol. The predicted octanol–water partition coefficient (Wildman–Crippen LogP) is 2.43. The molecule has 1 saturated carbocycles. The Kier molecular flexibility index (Phi) is 5.12. The van der Waals surface area contributed by atoms with Crippen LogP contribution >= 0.6 is 0 Å². The molecule has 2 aliphatic heterocycles. The van der Waals surface area contributed by atoms with Crippen molar-refractivity contribution in [2.45, 2.75) is 69.9 Å². The molecule has 8 nitrogen and oxygen atoms in total. The van der Waals surface area contributed by atoms with Crippen molar-refractivity contribution >= 4 is 5.91 Å². The Morgan fingerprint density at radius 2 is 1.93 bits per heavy atom. The second-order valence-corrected chi connectivity index (χ2v) is 8.62. The molecule has 1 amide bonds. The second kappa shape index (κ2) is 7.33. The Morgan fingerprint density at radius 3 is 2.52 bits per heavy atom. The first-order valence-corrected chi connectivity index (χ1v) is 10.1. The lowest BCUT2D eigenvalue weighted by atomic mass is 9.77. The summed E-state index contributed by atoms with van der Waals surface area (Å²) in [5.41, 5.74) is -0.515. The average Bonchev–Trinajstić information content (AvgIpc) is 3.24. The first-order valence-electron chi connectivity index (χ1n) is 10.1. The van der Waals surface area contributed by atoms with E-state index in [0.717, 1.165) is 17.4 Å². The minimum absolute atomic E-state index is 0.0883. The molecule has 0 spiro atoms. The van der Waals surface area contributed by atoms with Crippen LogP contribution in [0.1, 0.15) is 50.7 Å². The molecule has 11 heteroatoms. The number of carbonyl (C=O) groups is 1. The zero-order valence-corrected chi connectivity index (χ0v) is 16.4. The summed E-state index contributed by atoms with van der Waals surface area (Å²) in [4.78, 5) is 27.6. The first-order chi connectivity index (χ1) is 13.7. The molecule has 160 valence electrons. The highest BCUT2D eigenvalue weighted by atomic mass is 19.4. The van der Waals surface area contributed by atoms with Gasteiger partial charge in [0.2, 0.25) is 11.7 Å². The van der Waals surface area contributed by atoms with Gasteiger partial charge in [0.1, 0.15) is 12.4 Å². The van der Waals surface area contributed by atoms with E-state index in [1.807, 2.05) is 11.8 Å². The highest BCUT2D eigenvalue weighted by Crippen LogP contribution is 2.40. The van der Waals surface area contributed by atoms with E-state index in [0.29, 0.717) is 44.7 Å². The normalized spacial score (nSPS) is 31.2. The molecule has 1 aromatic rings. The minimum Gasteiger partial charge on any atom is -0.335 e. The number of aromatic nitrogens is 3. The van der Waals surface area contributed by atoms with Gasteiger partial charge in [0.05, 0.1) is 12.1 Å². The molecule has 3 heterocycles. The number of carbonyl (C=O) groups excluding carboxylic acids is 1. The number of hydrogen-bond donors (Lipinski definition) is 0. The van der Waals surface area contributed by atoms with Crippen molar-refractivity contribution in [3.63, 3.8) is 0 Å². The molecule has 1 aliphatic carbocycles. The van der Waals surface area contributed by atoms with Crippen LogP contribution in [-0.2, 0) is 24.1 Å². The van der Waals surface area contributed by atoms with E-state index in [2.05, 4.69) is 20.3 Å². The minimum atomic E-state index is -4.50. The van der Waals surface area contributed by atoms with Gasteiger partial charge in [-0.3, -0.25) is 9.69 Å². The van der Waals surface area contributed by atoms with Crippen molar-refractivity contribution in [2.75, 3.05) is 19.6 Å². The molecule has 4 rings (SSSR count). The Bertz CT molecular complexity index is 787. The standard InChI is InChI=1S/C18H25F3N6O2/c1-12-8-15(28)27(9-12)17(11-22-29)4-2-13(3-5-17)25-6-7-26-14(10-25)23-24-16(26)18(19,20)21/h12-13H,2-11H2,1H3. The fraction of sp³-hybridized carbons (Fsp3) is 0.833. The van der Waals surface area contributed by atoms with Crippen LogP contribution in [0.25, 0.3) is 0 Å². The molecule has 0 aromatic carbocycles. The van der Waals surface area contributed by atoms with Gasteiger partial charge in [0, 0.05) is 32.1 Å². The van der Waals surface area contributed by atoms with E-state index < -0.39 is 17.5 Å². The molecule has 29 heavy (non-hydrogen) atoms. The van der Waals surface area contributed by atoms with Gasteiger partial charge in [0.25, 0.3) is 0 Å². The Labute approximate surface area is 166 Å². The van der Waals surface area contributed by atoms with E-state index in [1.54, 1.807) is 0 Å². The van der Waals surface area contributed by atoms with Crippen molar-refractivity contribution in [1.82, 2.24) is 24.6 Å². The third kappa shape index (κ3) is 3.64. The van der Waals surface area contributed by atoms with Gasteiger partial charge in [-0.2, -0.15) is 18.1 Å². The summed E-state index contributed by atoms with van der Waals surface area (Å²) >= 11 is 0. The fourth-order valence-electron chi connectivity index (χ4n) is 5.18. The molecule has 1 atom stereocenters. The van der Waals surface area contributed by atoms with Crippen LogP contribution in [0, 0.1) is 10.8 Å². The van der Waals surface area contributed by atoms with Gasteiger partial charge in [-0.25, -0.2) is 0 Å². The van der Waals surface area contributed by atoms with Crippen LogP contribution in [0.3, 0.4) is 0 Å². The summed E-state index contributed by atoms with van der Waals surface area (Å²) in [6.45, 7) is 3.82. The van der Waals surface area contributed by atoms with Gasteiger partial charge in [-0.05, 0) is 31.6 Å². The van der Waals surface area contributed by atoms with E-state index in [9.17, 15) is 22.9 Å². The number of rotatable bonds is 4. The highest BCUT2D eigenvalue weighted by Gasteiger charge is 2.47. The summed E-state index contributed by atoms with van der Waals surface area (Å²) in [5, 5.41) is 10.2. The number of hydrogen-bond acceptors (Lipinski definition) is 6. The van der Waals surface area contributed by atoms with E-state index >= 15 is 0 Å². The zero-order valence-electron chi connectivity index (χ0n) is 16.4. The fourth-order valence-corrected chi connectivity index (χ4v) is 5.18. The molecule has 1 unspecified atom stereocenters. The lowest BCUT2D eigenvalue weighted by Gasteiger charge is -2.47. The first kappa shape index (κ1) is 20.2. The monoisotopic (exact) mass is 414 g/mol. The maximum Gasteiger partial charge on any atom is 0.451 e. The number of fused-ring (bicyclic) bond motifs is 1. The molecule has 1 saturated heterocycles. The number of nitroso groups, excluding NO2 is 1. The van der Waals surface area contributed by atoms with E-state index in [4.69, 9.17) is 0 Å². The van der Waals surface area contributed by atoms with E-state index in [1.165, 1.54) is 0 Å². The molecule has 0 radical (unpaired) electrons. The molecular weight excluding hydrogens is 389 g/mol.